The molecular weight excluding hydrogens is 472 g/mol. The fourth-order valence-electron chi connectivity index (χ4n) is 4.66. The summed E-state index contributed by atoms with van der Waals surface area (Å²) in [4.78, 5) is 27.6. The molecule has 194 valence electrons. The molecule has 0 radical (unpaired) electrons. The van der Waals surface area contributed by atoms with Crippen LogP contribution in [0.25, 0.3) is 11.3 Å². The number of likely N-dealkylation sites (tertiary alicyclic amines) is 1. The average Bonchev–Trinajstić information content (AvgIpc) is 3.68. The molecule has 0 bridgehead atoms. The van der Waals surface area contributed by atoms with Crippen LogP contribution in [0.4, 0.5) is 10.5 Å². The van der Waals surface area contributed by atoms with E-state index < -0.39 is 11.6 Å². The molecule has 0 unspecified atom stereocenters. The second-order valence-corrected chi connectivity index (χ2v) is 9.82. The van der Waals surface area contributed by atoms with Crippen molar-refractivity contribution >= 4 is 17.7 Å². The third kappa shape index (κ3) is 5.77. The zero-order chi connectivity index (χ0) is 25.8. The van der Waals surface area contributed by atoms with Gasteiger partial charge in [-0.3, -0.25) is 14.9 Å². The number of nitrogens with zero attached hydrogens (tertiary/aromatic N) is 3. The molecule has 1 spiro atoms. The highest BCUT2D eigenvalue weighted by atomic mass is 16.6. The van der Waals surface area contributed by atoms with Crippen LogP contribution in [0.3, 0.4) is 0 Å². The Kier molecular flexibility index (Phi) is 7.14. The van der Waals surface area contributed by atoms with Crippen LogP contribution in [0.2, 0.25) is 0 Å². The number of ether oxygens (including phenoxy) is 2. The number of rotatable bonds is 6. The molecule has 1 amide bonds. The first-order chi connectivity index (χ1) is 18.0. The van der Waals surface area contributed by atoms with E-state index in [1.54, 1.807) is 24.1 Å². The maximum Gasteiger partial charge on any atom is 0.415 e. The minimum atomic E-state index is -0.993. The SMILES string of the molecule is C1CC1.COc1ccc(-c2[nH]ncc2CN2CCC3(CC2)CN(c2ccc(C(=O)O)cc2)C(=O)O3)cc1. The lowest BCUT2D eigenvalue weighted by molar-refractivity contribution is -0.000939. The van der Waals surface area contributed by atoms with Crippen molar-refractivity contribution in [3.8, 4) is 17.0 Å². The Morgan fingerprint density at radius 1 is 1.08 bits per heavy atom. The molecular formula is C28H32N4O5. The highest BCUT2D eigenvalue weighted by Crippen LogP contribution is 2.36. The van der Waals surface area contributed by atoms with E-state index in [9.17, 15) is 9.59 Å². The summed E-state index contributed by atoms with van der Waals surface area (Å²) in [6.45, 7) is 2.82. The number of aromatic carboxylic acids is 1. The lowest BCUT2D eigenvalue weighted by Gasteiger charge is -2.37. The first kappa shape index (κ1) is 24.8. The summed E-state index contributed by atoms with van der Waals surface area (Å²) in [5.41, 5.74) is 3.48. The summed E-state index contributed by atoms with van der Waals surface area (Å²) >= 11 is 0. The molecule has 3 aromatic rings. The maximum absolute atomic E-state index is 12.6. The third-order valence-corrected chi connectivity index (χ3v) is 7.01. The minimum absolute atomic E-state index is 0.188. The normalized spacial score (nSPS) is 18.2. The van der Waals surface area contributed by atoms with E-state index in [-0.39, 0.29) is 11.7 Å². The second kappa shape index (κ2) is 10.6. The van der Waals surface area contributed by atoms with Crippen LogP contribution in [0.5, 0.6) is 5.75 Å². The largest absolute Gasteiger partial charge is 0.497 e. The van der Waals surface area contributed by atoms with Crippen molar-refractivity contribution in [3.05, 3.63) is 65.9 Å². The number of H-pyrrole nitrogens is 1. The molecule has 3 fully saturated rings. The average molecular weight is 505 g/mol. The van der Waals surface area contributed by atoms with Crippen molar-refractivity contribution in [2.75, 3.05) is 31.6 Å². The maximum atomic E-state index is 12.6. The number of methoxy groups -OCH3 is 1. The molecule has 1 saturated carbocycles. The van der Waals surface area contributed by atoms with Crippen molar-refractivity contribution in [3.63, 3.8) is 0 Å². The molecule has 1 aliphatic carbocycles. The standard InChI is InChI=1S/C25H26N4O5.C3H6/c1-33-21-8-4-17(5-9-21)22-19(14-26-27-22)15-28-12-10-25(11-13-28)16-29(24(32)34-25)20-6-2-18(3-7-20)23(30)31;1-2-3-1/h2-9,14H,10-13,15-16H2,1H3,(H,26,27)(H,30,31);1-3H2. The van der Waals surface area contributed by atoms with Gasteiger partial charge in [-0.2, -0.15) is 5.10 Å². The Morgan fingerprint density at radius 2 is 1.76 bits per heavy atom. The van der Waals surface area contributed by atoms with E-state index >= 15 is 0 Å². The smallest absolute Gasteiger partial charge is 0.415 e. The number of aromatic nitrogens is 2. The number of amides is 1. The van der Waals surface area contributed by atoms with E-state index in [2.05, 4.69) is 15.1 Å². The Balaban J connectivity index is 0.000000872. The molecule has 2 saturated heterocycles. The van der Waals surface area contributed by atoms with Gasteiger partial charge in [-0.25, -0.2) is 9.59 Å². The molecule has 2 aromatic carbocycles. The van der Waals surface area contributed by atoms with Crippen LogP contribution in [0.1, 0.15) is 48.0 Å². The Bertz CT molecular complexity index is 1230. The number of anilines is 1. The fourth-order valence-corrected chi connectivity index (χ4v) is 4.66. The fraction of sp³-hybridized carbons (Fsp3) is 0.393. The van der Waals surface area contributed by atoms with Crippen LogP contribution in [-0.2, 0) is 11.3 Å². The van der Waals surface area contributed by atoms with Gasteiger partial charge in [0.15, 0.2) is 0 Å². The number of carboxylic acids is 1. The summed E-state index contributed by atoms with van der Waals surface area (Å²) in [5.74, 6) is -0.184. The van der Waals surface area contributed by atoms with Crippen LogP contribution in [-0.4, -0.2) is 64.6 Å². The van der Waals surface area contributed by atoms with Crippen molar-refractivity contribution in [1.82, 2.24) is 15.1 Å². The molecule has 3 aliphatic rings. The number of nitrogens with one attached hydrogen (secondary N) is 1. The summed E-state index contributed by atoms with van der Waals surface area (Å²) in [5, 5.41) is 16.5. The predicted octanol–water partition coefficient (Wildman–Crippen LogP) is 4.95. The van der Waals surface area contributed by atoms with E-state index in [1.165, 1.54) is 31.4 Å². The number of carbonyl (C=O) groups is 2. The lowest BCUT2D eigenvalue weighted by Crippen LogP contribution is -2.46. The number of hydrogen-bond donors (Lipinski definition) is 2. The van der Waals surface area contributed by atoms with Crippen molar-refractivity contribution in [1.29, 1.82) is 0 Å². The quantitative estimate of drug-likeness (QED) is 0.489. The number of carbonyl (C=O) groups excluding carboxylic acids is 1. The van der Waals surface area contributed by atoms with E-state index in [1.807, 2.05) is 30.5 Å². The first-order valence-corrected chi connectivity index (χ1v) is 12.7. The van der Waals surface area contributed by atoms with Crippen LogP contribution >= 0.6 is 0 Å². The van der Waals surface area contributed by atoms with Gasteiger partial charge in [0.25, 0.3) is 0 Å². The van der Waals surface area contributed by atoms with E-state index in [0.29, 0.717) is 12.2 Å². The molecule has 1 aromatic heterocycles. The molecule has 9 heteroatoms. The van der Waals surface area contributed by atoms with Crippen molar-refractivity contribution in [2.24, 2.45) is 0 Å². The van der Waals surface area contributed by atoms with Gasteiger partial charge in [0, 0.05) is 49.3 Å². The highest BCUT2D eigenvalue weighted by molar-refractivity contribution is 5.92. The van der Waals surface area contributed by atoms with E-state index in [0.717, 1.165) is 55.0 Å². The minimum Gasteiger partial charge on any atom is -0.497 e. The Hall–Kier alpha value is -3.85. The second-order valence-electron chi connectivity index (χ2n) is 9.82. The van der Waals surface area contributed by atoms with Gasteiger partial charge < -0.3 is 14.6 Å². The summed E-state index contributed by atoms with van der Waals surface area (Å²) in [6, 6.07) is 14.2. The zero-order valence-electron chi connectivity index (χ0n) is 21.0. The van der Waals surface area contributed by atoms with Gasteiger partial charge in [0.05, 0.1) is 31.1 Å². The number of piperidine rings is 1. The highest BCUT2D eigenvalue weighted by Gasteiger charge is 2.47. The van der Waals surface area contributed by atoms with Gasteiger partial charge in [0.1, 0.15) is 11.4 Å². The summed E-state index contributed by atoms with van der Waals surface area (Å²) < 4.78 is 11.1. The molecule has 2 N–H and O–H groups in total. The molecule has 3 heterocycles. The first-order valence-electron chi connectivity index (χ1n) is 12.7. The Morgan fingerprint density at radius 3 is 2.35 bits per heavy atom. The number of aromatic amines is 1. The van der Waals surface area contributed by atoms with Gasteiger partial charge in [0.2, 0.25) is 0 Å². The number of carboxylic acid groups (broad SMARTS) is 1. The lowest BCUT2D eigenvalue weighted by atomic mass is 9.91. The van der Waals surface area contributed by atoms with Gasteiger partial charge in [-0.1, -0.05) is 19.3 Å². The van der Waals surface area contributed by atoms with Gasteiger partial charge in [-0.15, -0.1) is 0 Å². The molecule has 9 nitrogen and oxygen atoms in total. The molecule has 0 atom stereocenters. The zero-order valence-corrected chi connectivity index (χ0v) is 21.0. The molecule has 6 rings (SSSR count). The van der Waals surface area contributed by atoms with Crippen molar-refractivity contribution < 1.29 is 24.2 Å². The van der Waals surface area contributed by atoms with Crippen LogP contribution in [0.15, 0.2) is 54.7 Å². The van der Waals surface area contributed by atoms with Gasteiger partial charge >= 0.3 is 12.1 Å². The van der Waals surface area contributed by atoms with Crippen LogP contribution < -0.4 is 9.64 Å². The monoisotopic (exact) mass is 504 g/mol. The van der Waals surface area contributed by atoms with E-state index in [4.69, 9.17) is 14.6 Å². The Labute approximate surface area is 216 Å². The third-order valence-electron chi connectivity index (χ3n) is 7.01. The summed E-state index contributed by atoms with van der Waals surface area (Å²) in [6.07, 6.45) is 7.45. The van der Waals surface area contributed by atoms with Crippen molar-refractivity contribution in [2.45, 2.75) is 44.2 Å². The number of hydrogen-bond acceptors (Lipinski definition) is 6. The van der Waals surface area contributed by atoms with Crippen LogP contribution in [0, 0.1) is 0 Å². The number of benzene rings is 2. The topological polar surface area (TPSA) is 108 Å². The predicted molar refractivity (Wildman–Crippen MR) is 139 cm³/mol. The molecule has 37 heavy (non-hydrogen) atoms. The summed E-state index contributed by atoms with van der Waals surface area (Å²) in [7, 11) is 1.65. The molecule has 2 aliphatic heterocycles. The van der Waals surface area contributed by atoms with Gasteiger partial charge in [-0.05, 0) is 48.5 Å².